The van der Waals surface area contributed by atoms with Crippen LogP contribution in [-0.2, 0) is 17.3 Å². The molecule has 0 aromatic heterocycles. The van der Waals surface area contributed by atoms with Crippen LogP contribution < -0.4 is 0 Å². The van der Waals surface area contributed by atoms with Crippen LogP contribution in [0.5, 0.6) is 0 Å². The third-order valence-electron chi connectivity index (χ3n) is 8.68. The molecule has 0 N–H and O–H groups in total. The Morgan fingerprint density at radius 2 is 1.36 bits per heavy atom. The molecule has 3 heteroatoms. The Balaban J connectivity index is 1.22. The molecule has 0 heterocycles. The summed E-state index contributed by atoms with van der Waals surface area (Å²) in [6.45, 7) is 4.42. The van der Waals surface area contributed by atoms with Crippen LogP contribution in [0.25, 0.3) is 0 Å². The maximum Gasteiger partial charge on any atom is 0.383 e. The van der Waals surface area contributed by atoms with Crippen LogP contribution in [0.3, 0.4) is 0 Å². The minimum Gasteiger partial charge on any atom is -0.316 e. The second kappa shape index (κ2) is 13.0. The minimum absolute atomic E-state index is 0.00622. The Morgan fingerprint density at radius 1 is 0.806 bits per heavy atom. The molecular formula is C33H44F2O. The van der Waals surface area contributed by atoms with E-state index in [0.29, 0.717) is 18.3 Å². The van der Waals surface area contributed by atoms with Gasteiger partial charge in [-0.05, 0) is 105 Å². The van der Waals surface area contributed by atoms with Crippen molar-refractivity contribution in [1.82, 2.24) is 0 Å². The summed E-state index contributed by atoms with van der Waals surface area (Å²) in [5.41, 5.74) is 3.58. The van der Waals surface area contributed by atoms with E-state index in [-0.39, 0.29) is 12.2 Å². The second-order valence-corrected chi connectivity index (χ2v) is 11.3. The highest BCUT2D eigenvalue weighted by atomic mass is 19.3. The minimum atomic E-state index is -3.26. The van der Waals surface area contributed by atoms with Crippen molar-refractivity contribution in [2.24, 2.45) is 11.8 Å². The molecule has 0 spiro atoms. The summed E-state index contributed by atoms with van der Waals surface area (Å²) in [4.78, 5) is 0. The van der Waals surface area contributed by atoms with Crippen molar-refractivity contribution in [3.05, 3.63) is 82.9 Å². The largest absolute Gasteiger partial charge is 0.383 e. The predicted octanol–water partition coefficient (Wildman–Crippen LogP) is 9.92. The molecule has 2 fully saturated rings. The van der Waals surface area contributed by atoms with Gasteiger partial charge in [0.25, 0.3) is 0 Å². The zero-order valence-electron chi connectivity index (χ0n) is 22.2. The van der Waals surface area contributed by atoms with Gasteiger partial charge in [0.1, 0.15) is 0 Å². The molecule has 1 nitrogen and oxygen atoms in total. The number of hydrogen-bond donors (Lipinski definition) is 0. The molecule has 2 aliphatic carbocycles. The average molecular weight is 495 g/mol. The van der Waals surface area contributed by atoms with Crippen LogP contribution in [0.2, 0.25) is 0 Å². The van der Waals surface area contributed by atoms with Crippen LogP contribution >= 0.6 is 0 Å². The number of alkyl halides is 2. The smallest absolute Gasteiger partial charge is 0.316 e. The van der Waals surface area contributed by atoms with Gasteiger partial charge in [-0.2, -0.15) is 8.78 Å². The molecule has 0 radical (unpaired) electrons. The highest BCUT2D eigenvalue weighted by Gasteiger charge is 2.33. The fourth-order valence-corrected chi connectivity index (χ4v) is 6.16. The molecule has 2 aromatic rings. The van der Waals surface area contributed by atoms with Crippen molar-refractivity contribution < 1.29 is 13.5 Å². The Hall–Kier alpha value is -2.00. The Labute approximate surface area is 217 Å². The van der Waals surface area contributed by atoms with Crippen molar-refractivity contribution in [2.75, 3.05) is 6.61 Å². The number of hydrogen-bond acceptors (Lipinski definition) is 1. The molecule has 36 heavy (non-hydrogen) atoms. The van der Waals surface area contributed by atoms with Gasteiger partial charge in [0.05, 0.1) is 12.2 Å². The Bertz CT molecular complexity index is 931. The fraction of sp³-hybridized carbons (Fsp3) is 0.576. The number of benzene rings is 2. The molecular weight excluding hydrogens is 450 g/mol. The summed E-state index contributed by atoms with van der Waals surface area (Å²) in [7, 11) is 0. The molecule has 0 bridgehead atoms. The van der Waals surface area contributed by atoms with E-state index >= 15 is 0 Å². The van der Waals surface area contributed by atoms with Gasteiger partial charge in [-0.15, -0.1) is 0 Å². The normalized spacial score (nSPS) is 25.3. The van der Waals surface area contributed by atoms with Crippen LogP contribution in [-0.4, -0.2) is 6.61 Å². The van der Waals surface area contributed by atoms with E-state index in [2.05, 4.69) is 50.3 Å². The van der Waals surface area contributed by atoms with Gasteiger partial charge >= 0.3 is 6.11 Å². The molecule has 2 saturated carbocycles. The standard InChI is InChI=1S/C33H44F2O/c1-3-4-5-6-26-9-15-30(16-10-26)31-19-21-32(22-20-31)33(34,35)36-24-23-27-11-17-29(18-12-27)28-13-7-25(2)8-14-28/h3-4,11-12,17-22,25-26,28,30H,5-10,13-16,23-24H2,1-2H3. The number of rotatable bonds is 10. The van der Waals surface area contributed by atoms with E-state index in [1.807, 2.05) is 12.1 Å². The van der Waals surface area contributed by atoms with Gasteiger partial charge in [0.2, 0.25) is 0 Å². The number of allylic oxidation sites excluding steroid dienone is 2. The van der Waals surface area contributed by atoms with Crippen LogP contribution in [0, 0.1) is 11.8 Å². The van der Waals surface area contributed by atoms with E-state index in [4.69, 9.17) is 4.74 Å². The Kier molecular flexibility index (Phi) is 9.76. The van der Waals surface area contributed by atoms with Gasteiger partial charge in [-0.1, -0.05) is 80.4 Å². The quantitative estimate of drug-likeness (QED) is 0.299. The zero-order chi connectivity index (χ0) is 25.4. The van der Waals surface area contributed by atoms with E-state index in [1.54, 1.807) is 12.1 Å². The van der Waals surface area contributed by atoms with E-state index in [9.17, 15) is 8.78 Å². The topological polar surface area (TPSA) is 9.23 Å². The lowest BCUT2D eigenvalue weighted by molar-refractivity contribution is -0.248. The first-order valence-electron chi connectivity index (χ1n) is 14.3. The van der Waals surface area contributed by atoms with E-state index in [1.165, 1.54) is 62.5 Å². The first kappa shape index (κ1) is 27.0. The zero-order valence-corrected chi connectivity index (χ0v) is 22.2. The molecule has 196 valence electrons. The summed E-state index contributed by atoms with van der Waals surface area (Å²) in [6.07, 6.45) is 14.0. The highest BCUT2D eigenvalue weighted by molar-refractivity contribution is 5.28. The van der Waals surface area contributed by atoms with Gasteiger partial charge in [0.15, 0.2) is 0 Å². The third-order valence-corrected chi connectivity index (χ3v) is 8.68. The lowest BCUT2D eigenvalue weighted by atomic mass is 9.77. The molecule has 4 rings (SSSR count). The summed E-state index contributed by atoms with van der Waals surface area (Å²) in [6, 6.07) is 15.4. The van der Waals surface area contributed by atoms with Gasteiger partial charge in [-0.25, -0.2) is 0 Å². The van der Waals surface area contributed by atoms with Crippen LogP contribution in [0.4, 0.5) is 8.78 Å². The average Bonchev–Trinajstić information content (AvgIpc) is 2.90. The van der Waals surface area contributed by atoms with E-state index < -0.39 is 6.11 Å². The third kappa shape index (κ3) is 7.51. The molecule has 0 aliphatic heterocycles. The molecule has 0 saturated heterocycles. The van der Waals surface area contributed by atoms with Crippen molar-refractivity contribution in [1.29, 1.82) is 0 Å². The predicted molar refractivity (Wildman–Crippen MR) is 146 cm³/mol. The van der Waals surface area contributed by atoms with Crippen molar-refractivity contribution in [3.8, 4) is 0 Å². The van der Waals surface area contributed by atoms with Gasteiger partial charge < -0.3 is 4.74 Å². The highest BCUT2D eigenvalue weighted by Crippen LogP contribution is 2.39. The maximum atomic E-state index is 14.7. The molecule has 2 aliphatic rings. The molecule has 0 amide bonds. The van der Waals surface area contributed by atoms with Gasteiger partial charge in [-0.3, -0.25) is 0 Å². The first-order chi connectivity index (χ1) is 17.4. The van der Waals surface area contributed by atoms with Crippen molar-refractivity contribution in [3.63, 3.8) is 0 Å². The lowest BCUT2D eigenvalue weighted by Crippen LogP contribution is -2.20. The second-order valence-electron chi connectivity index (χ2n) is 11.3. The molecule has 2 aromatic carbocycles. The number of ether oxygens (including phenoxy) is 1. The molecule has 0 unspecified atom stereocenters. The van der Waals surface area contributed by atoms with Crippen molar-refractivity contribution in [2.45, 2.75) is 102 Å². The lowest BCUT2D eigenvalue weighted by Gasteiger charge is -2.29. The van der Waals surface area contributed by atoms with Crippen LogP contribution in [0.15, 0.2) is 60.7 Å². The number of halogens is 2. The molecule has 0 atom stereocenters. The Morgan fingerprint density at radius 3 is 1.94 bits per heavy atom. The van der Waals surface area contributed by atoms with Gasteiger partial charge in [0, 0.05) is 0 Å². The summed E-state index contributed by atoms with van der Waals surface area (Å²) < 4.78 is 34.6. The fourth-order valence-electron chi connectivity index (χ4n) is 6.16. The monoisotopic (exact) mass is 494 g/mol. The van der Waals surface area contributed by atoms with Crippen molar-refractivity contribution >= 4 is 0 Å². The first-order valence-corrected chi connectivity index (χ1v) is 14.3. The van der Waals surface area contributed by atoms with Crippen LogP contribution in [0.1, 0.15) is 112 Å². The summed E-state index contributed by atoms with van der Waals surface area (Å²) in [5.74, 6) is 2.79. The SMILES string of the molecule is CC=CCCC1CCC(c2ccc(C(F)(F)OCCc3ccc(C4CCC(C)CC4)cc3)cc2)CC1. The summed E-state index contributed by atoms with van der Waals surface area (Å²) in [5, 5.41) is 0. The summed E-state index contributed by atoms with van der Waals surface area (Å²) >= 11 is 0. The van der Waals surface area contributed by atoms with E-state index in [0.717, 1.165) is 30.2 Å². The maximum absolute atomic E-state index is 14.7.